The third-order valence-electron chi connectivity index (χ3n) is 5.30. The largest absolute Gasteiger partial charge is 0.336 e. The Balaban J connectivity index is 1.42. The molecule has 4 rings (SSSR count). The number of benzene rings is 1. The first kappa shape index (κ1) is 19.2. The molecule has 29 heavy (non-hydrogen) atoms. The lowest BCUT2D eigenvalue weighted by atomic mass is 9.94. The van der Waals surface area contributed by atoms with Crippen LogP contribution in [0.15, 0.2) is 42.7 Å². The van der Waals surface area contributed by atoms with Crippen molar-refractivity contribution in [2.24, 2.45) is 0 Å². The first-order valence-corrected chi connectivity index (χ1v) is 10.2. The highest BCUT2D eigenvalue weighted by atomic mass is 16.2. The van der Waals surface area contributed by atoms with Crippen LogP contribution in [0, 0.1) is 13.8 Å². The average molecular weight is 390 g/mol. The van der Waals surface area contributed by atoms with Crippen LogP contribution in [0.2, 0.25) is 0 Å². The van der Waals surface area contributed by atoms with Crippen LogP contribution < -0.4 is 10.6 Å². The van der Waals surface area contributed by atoms with Gasteiger partial charge in [0.05, 0.1) is 12.2 Å². The molecule has 2 amide bonds. The molecule has 0 saturated heterocycles. The van der Waals surface area contributed by atoms with E-state index in [1.807, 2.05) is 50.5 Å². The van der Waals surface area contributed by atoms with Gasteiger partial charge in [-0.25, -0.2) is 4.79 Å². The minimum atomic E-state index is -0.189. The summed E-state index contributed by atoms with van der Waals surface area (Å²) >= 11 is 0. The molecule has 0 radical (unpaired) electrons. The Morgan fingerprint density at radius 3 is 2.55 bits per heavy atom. The third kappa shape index (κ3) is 4.47. The minimum Gasteiger partial charge on any atom is -0.336 e. The molecular weight excluding hydrogens is 362 g/mol. The van der Waals surface area contributed by atoms with Crippen molar-refractivity contribution >= 4 is 11.7 Å². The number of rotatable bonds is 5. The second-order valence-corrected chi connectivity index (χ2v) is 7.70. The Kier molecular flexibility index (Phi) is 5.60. The van der Waals surface area contributed by atoms with Crippen molar-refractivity contribution in [2.45, 2.75) is 46.1 Å². The molecule has 1 aliphatic rings. The molecular formula is C23H27N5O. The normalized spacial score (nSPS) is 13.0. The molecule has 0 aliphatic heterocycles. The van der Waals surface area contributed by atoms with E-state index in [0.29, 0.717) is 13.1 Å². The summed E-state index contributed by atoms with van der Waals surface area (Å²) in [6, 6.07) is 9.86. The van der Waals surface area contributed by atoms with E-state index in [-0.39, 0.29) is 6.03 Å². The van der Waals surface area contributed by atoms with Crippen molar-refractivity contribution in [1.82, 2.24) is 20.1 Å². The van der Waals surface area contributed by atoms with Gasteiger partial charge in [-0.3, -0.25) is 9.67 Å². The first-order chi connectivity index (χ1) is 14.1. The van der Waals surface area contributed by atoms with Crippen LogP contribution in [0.5, 0.6) is 0 Å². The number of hydrogen-bond acceptors (Lipinski definition) is 3. The highest BCUT2D eigenvalue weighted by Crippen LogP contribution is 2.30. The number of anilines is 1. The van der Waals surface area contributed by atoms with E-state index in [0.717, 1.165) is 40.9 Å². The molecule has 2 heterocycles. The van der Waals surface area contributed by atoms with Crippen molar-refractivity contribution in [3.63, 3.8) is 0 Å². The lowest BCUT2D eigenvalue weighted by Gasteiger charge is -2.15. The zero-order valence-corrected chi connectivity index (χ0v) is 17.0. The summed E-state index contributed by atoms with van der Waals surface area (Å²) in [7, 11) is 0. The summed E-state index contributed by atoms with van der Waals surface area (Å²) in [4.78, 5) is 16.4. The van der Waals surface area contributed by atoms with Gasteiger partial charge < -0.3 is 10.6 Å². The van der Waals surface area contributed by atoms with Gasteiger partial charge in [0.25, 0.3) is 0 Å². The number of pyridine rings is 1. The van der Waals surface area contributed by atoms with Crippen LogP contribution in [-0.2, 0) is 19.4 Å². The molecule has 2 N–H and O–H groups in total. The number of aromatic nitrogens is 3. The second kappa shape index (κ2) is 8.47. The molecule has 0 spiro atoms. The summed E-state index contributed by atoms with van der Waals surface area (Å²) in [6.45, 7) is 5.24. The zero-order chi connectivity index (χ0) is 20.2. The van der Waals surface area contributed by atoms with Gasteiger partial charge in [-0.2, -0.15) is 5.10 Å². The van der Waals surface area contributed by atoms with Crippen LogP contribution in [0.25, 0.3) is 11.3 Å². The van der Waals surface area contributed by atoms with Crippen molar-refractivity contribution in [3.8, 4) is 11.3 Å². The predicted molar refractivity (Wildman–Crippen MR) is 115 cm³/mol. The van der Waals surface area contributed by atoms with Gasteiger partial charge in [0.15, 0.2) is 0 Å². The van der Waals surface area contributed by atoms with Crippen LogP contribution >= 0.6 is 0 Å². The van der Waals surface area contributed by atoms with E-state index < -0.39 is 0 Å². The Morgan fingerprint density at radius 1 is 1.07 bits per heavy atom. The number of hydrogen-bond donors (Lipinski definition) is 2. The van der Waals surface area contributed by atoms with E-state index >= 15 is 0 Å². The van der Waals surface area contributed by atoms with E-state index in [4.69, 9.17) is 5.10 Å². The molecule has 6 nitrogen and oxygen atoms in total. The smallest absolute Gasteiger partial charge is 0.319 e. The molecule has 0 fully saturated rings. The van der Waals surface area contributed by atoms with Crippen LogP contribution in [0.4, 0.5) is 10.5 Å². The Hall–Kier alpha value is -3.15. The molecule has 1 aromatic carbocycles. The van der Waals surface area contributed by atoms with Crippen LogP contribution in [0.1, 0.15) is 35.2 Å². The molecule has 6 heteroatoms. The standard InChI is InChI=1S/C23H27N5O/c1-16-13-17(2)15-19(14-16)26-23(29)25-11-12-28-21-6-4-3-5-20(21)22(27-28)18-7-9-24-10-8-18/h7-10,13-15H,3-6,11-12H2,1-2H3,(H2,25,26,29). The number of amides is 2. The van der Waals surface area contributed by atoms with Crippen molar-refractivity contribution < 1.29 is 4.79 Å². The van der Waals surface area contributed by atoms with Gasteiger partial charge in [-0.15, -0.1) is 0 Å². The van der Waals surface area contributed by atoms with Crippen LogP contribution in [0.3, 0.4) is 0 Å². The lowest BCUT2D eigenvalue weighted by molar-refractivity contribution is 0.251. The molecule has 0 unspecified atom stereocenters. The average Bonchev–Trinajstić information content (AvgIpc) is 3.07. The van der Waals surface area contributed by atoms with Gasteiger partial charge in [-0.05, 0) is 74.9 Å². The first-order valence-electron chi connectivity index (χ1n) is 10.2. The Bertz CT molecular complexity index is 989. The molecule has 3 aromatic rings. The monoisotopic (exact) mass is 389 g/mol. The minimum absolute atomic E-state index is 0.189. The predicted octanol–water partition coefficient (Wildman–Crippen LogP) is 4.26. The van der Waals surface area contributed by atoms with Gasteiger partial charge in [0.1, 0.15) is 0 Å². The van der Waals surface area contributed by atoms with Gasteiger partial charge >= 0.3 is 6.03 Å². The maximum Gasteiger partial charge on any atom is 0.319 e. The number of aryl methyl sites for hydroxylation is 2. The fourth-order valence-electron chi connectivity index (χ4n) is 4.09. The fourth-order valence-corrected chi connectivity index (χ4v) is 4.09. The SMILES string of the molecule is Cc1cc(C)cc(NC(=O)NCCn2nc(-c3ccncc3)c3c2CCCC3)c1. The summed E-state index contributed by atoms with van der Waals surface area (Å²) in [5, 5.41) is 10.8. The maximum absolute atomic E-state index is 12.3. The highest BCUT2D eigenvalue weighted by Gasteiger charge is 2.21. The van der Waals surface area contributed by atoms with E-state index in [2.05, 4.69) is 26.4 Å². The van der Waals surface area contributed by atoms with Gasteiger partial charge in [0, 0.05) is 41.4 Å². The highest BCUT2D eigenvalue weighted by molar-refractivity contribution is 5.89. The van der Waals surface area contributed by atoms with Crippen molar-refractivity contribution in [2.75, 3.05) is 11.9 Å². The number of carbonyl (C=O) groups is 1. The number of nitrogens with one attached hydrogen (secondary N) is 2. The molecule has 0 bridgehead atoms. The topological polar surface area (TPSA) is 71.8 Å². The van der Waals surface area contributed by atoms with E-state index in [9.17, 15) is 4.79 Å². The maximum atomic E-state index is 12.3. The quantitative estimate of drug-likeness (QED) is 0.685. The Labute approximate surface area is 171 Å². The molecule has 150 valence electrons. The number of fused-ring (bicyclic) bond motifs is 1. The third-order valence-corrected chi connectivity index (χ3v) is 5.30. The van der Waals surface area contributed by atoms with Crippen LogP contribution in [-0.4, -0.2) is 27.3 Å². The zero-order valence-electron chi connectivity index (χ0n) is 17.0. The number of urea groups is 1. The van der Waals surface area contributed by atoms with Gasteiger partial charge in [-0.1, -0.05) is 6.07 Å². The summed E-state index contributed by atoms with van der Waals surface area (Å²) < 4.78 is 2.07. The molecule has 2 aromatic heterocycles. The summed E-state index contributed by atoms with van der Waals surface area (Å²) in [6.07, 6.45) is 8.11. The second-order valence-electron chi connectivity index (χ2n) is 7.70. The fraction of sp³-hybridized carbons (Fsp3) is 0.348. The van der Waals surface area contributed by atoms with Crippen molar-refractivity contribution in [3.05, 3.63) is 65.1 Å². The van der Waals surface area contributed by atoms with E-state index in [1.54, 1.807) is 0 Å². The van der Waals surface area contributed by atoms with Crippen molar-refractivity contribution in [1.29, 1.82) is 0 Å². The molecule has 0 atom stereocenters. The van der Waals surface area contributed by atoms with E-state index in [1.165, 1.54) is 24.1 Å². The number of carbonyl (C=O) groups excluding carboxylic acids is 1. The number of nitrogens with zero attached hydrogens (tertiary/aromatic N) is 3. The molecule has 0 saturated carbocycles. The summed E-state index contributed by atoms with van der Waals surface area (Å²) in [5.41, 5.74) is 7.90. The Morgan fingerprint density at radius 2 is 1.79 bits per heavy atom. The lowest BCUT2D eigenvalue weighted by Crippen LogP contribution is -2.32. The molecule has 1 aliphatic carbocycles. The summed E-state index contributed by atoms with van der Waals surface area (Å²) in [5.74, 6) is 0. The van der Waals surface area contributed by atoms with Gasteiger partial charge in [0.2, 0.25) is 0 Å².